The smallest absolute Gasteiger partial charge is 0.256 e. The van der Waals surface area contributed by atoms with Gasteiger partial charge in [0.1, 0.15) is 5.75 Å². The highest BCUT2D eigenvalue weighted by molar-refractivity contribution is 6.34. The van der Waals surface area contributed by atoms with Crippen LogP contribution in [0.15, 0.2) is 18.2 Å². The molecular formula is C13H18ClNO3. The molecule has 2 unspecified atom stereocenters. The maximum absolute atomic E-state index is 12.1. The van der Waals surface area contributed by atoms with Crippen molar-refractivity contribution < 1.29 is 14.6 Å². The Balaban J connectivity index is 2.91. The standard InChI is InChI=1S/C13H18ClNO3/c1-8(7-16)9(2)15-13(17)12-10(14)5-4-6-11(12)18-3/h4-6,8-9,16H,7H2,1-3H3,(H,15,17). The van der Waals surface area contributed by atoms with Crippen molar-refractivity contribution in [2.24, 2.45) is 5.92 Å². The zero-order valence-electron chi connectivity index (χ0n) is 10.7. The molecular weight excluding hydrogens is 254 g/mol. The number of amides is 1. The van der Waals surface area contributed by atoms with Crippen LogP contribution in [0.2, 0.25) is 5.02 Å². The van der Waals surface area contributed by atoms with E-state index in [0.717, 1.165) is 0 Å². The van der Waals surface area contributed by atoms with Gasteiger partial charge in [-0.2, -0.15) is 0 Å². The van der Waals surface area contributed by atoms with Crippen LogP contribution in [-0.4, -0.2) is 30.8 Å². The molecule has 1 amide bonds. The quantitative estimate of drug-likeness (QED) is 0.862. The van der Waals surface area contributed by atoms with Crippen molar-refractivity contribution in [3.05, 3.63) is 28.8 Å². The summed E-state index contributed by atoms with van der Waals surface area (Å²) in [6, 6.07) is 4.89. The first-order valence-electron chi connectivity index (χ1n) is 5.75. The van der Waals surface area contributed by atoms with Crippen LogP contribution in [0.5, 0.6) is 5.75 Å². The molecule has 0 aromatic heterocycles. The Hall–Kier alpha value is -1.26. The van der Waals surface area contributed by atoms with Crippen LogP contribution < -0.4 is 10.1 Å². The molecule has 1 aromatic carbocycles. The maximum Gasteiger partial charge on any atom is 0.256 e. The monoisotopic (exact) mass is 271 g/mol. The number of methoxy groups -OCH3 is 1. The van der Waals surface area contributed by atoms with Gasteiger partial charge >= 0.3 is 0 Å². The van der Waals surface area contributed by atoms with Crippen LogP contribution in [0.3, 0.4) is 0 Å². The van der Waals surface area contributed by atoms with Crippen LogP contribution >= 0.6 is 11.6 Å². The number of rotatable bonds is 5. The molecule has 0 aliphatic carbocycles. The molecule has 2 N–H and O–H groups in total. The molecule has 0 radical (unpaired) electrons. The fourth-order valence-electron chi connectivity index (χ4n) is 1.47. The number of carbonyl (C=O) groups is 1. The van der Waals surface area contributed by atoms with E-state index in [0.29, 0.717) is 16.3 Å². The first-order valence-corrected chi connectivity index (χ1v) is 6.13. The van der Waals surface area contributed by atoms with Gasteiger partial charge in [0.05, 0.1) is 17.7 Å². The van der Waals surface area contributed by atoms with Crippen molar-refractivity contribution >= 4 is 17.5 Å². The number of nitrogens with one attached hydrogen (secondary N) is 1. The Labute approximate surface area is 112 Å². The van der Waals surface area contributed by atoms with E-state index in [-0.39, 0.29) is 24.5 Å². The number of aliphatic hydroxyl groups excluding tert-OH is 1. The van der Waals surface area contributed by atoms with E-state index in [1.807, 2.05) is 13.8 Å². The third kappa shape index (κ3) is 3.37. The summed E-state index contributed by atoms with van der Waals surface area (Å²) in [6.07, 6.45) is 0. The molecule has 1 aromatic rings. The van der Waals surface area contributed by atoms with Gasteiger partial charge < -0.3 is 15.2 Å². The van der Waals surface area contributed by atoms with Crippen LogP contribution in [0.4, 0.5) is 0 Å². The molecule has 2 atom stereocenters. The molecule has 0 aliphatic heterocycles. The van der Waals surface area contributed by atoms with E-state index in [2.05, 4.69) is 5.32 Å². The van der Waals surface area contributed by atoms with Crippen molar-refractivity contribution in [1.29, 1.82) is 0 Å². The molecule has 1 rings (SSSR count). The lowest BCUT2D eigenvalue weighted by atomic mass is 10.0. The van der Waals surface area contributed by atoms with Crippen molar-refractivity contribution in [3.8, 4) is 5.75 Å². The highest BCUT2D eigenvalue weighted by Gasteiger charge is 2.20. The Morgan fingerprint density at radius 1 is 1.50 bits per heavy atom. The van der Waals surface area contributed by atoms with Crippen molar-refractivity contribution in [2.45, 2.75) is 19.9 Å². The minimum Gasteiger partial charge on any atom is -0.496 e. The first-order chi connectivity index (χ1) is 8.51. The largest absolute Gasteiger partial charge is 0.496 e. The Morgan fingerprint density at radius 2 is 2.17 bits per heavy atom. The predicted molar refractivity (Wildman–Crippen MR) is 71.2 cm³/mol. The molecule has 0 saturated carbocycles. The van der Waals surface area contributed by atoms with Gasteiger partial charge in [-0.05, 0) is 25.0 Å². The fraction of sp³-hybridized carbons (Fsp3) is 0.462. The molecule has 100 valence electrons. The van der Waals surface area contributed by atoms with Crippen LogP contribution in [0.25, 0.3) is 0 Å². The third-order valence-corrected chi connectivity index (χ3v) is 3.24. The molecule has 0 heterocycles. The van der Waals surface area contributed by atoms with E-state index >= 15 is 0 Å². The number of ether oxygens (including phenoxy) is 1. The van der Waals surface area contributed by atoms with E-state index < -0.39 is 0 Å². The van der Waals surface area contributed by atoms with Crippen molar-refractivity contribution in [1.82, 2.24) is 5.32 Å². The number of benzene rings is 1. The van der Waals surface area contributed by atoms with Gasteiger partial charge in [-0.3, -0.25) is 4.79 Å². The second-order valence-electron chi connectivity index (χ2n) is 4.24. The third-order valence-electron chi connectivity index (χ3n) is 2.92. The van der Waals surface area contributed by atoms with E-state index in [1.54, 1.807) is 18.2 Å². The lowest BCUT2D eigenvalue weighted by molar-refractivity contribution is 0.0913. The summed E-state index contributed by atoms with van der Waals surface area (Å²) in [5.41, 5.74) is 0.318. The number of carbonyl (C=O) groups excluding carboxylic acids is 1. The lowest BCUT2D eigenvalue weighted by Crippen LogP contribution is -2.38. The molecule has 5 heteroatoms. The van der Waals surface area contributed by atoms with Crippen LogP contribution in [-0.2, 0) is 0 Å². The van der Waals surface area contributed by atoms with Gasteiger partial charge in [0, 0.05) is 12.6 Å². The zero-order valence-corrected chi connectivity index (χ0v) is 11.5. The summed E-state index contributed by atoms with van der Waals surface area (Å²) in [4.78, 5) is 12.1. The highest BCUT2D eigenvalue weighted by Crippen LogP contribution is 2.26. The van der Waals surface area contributed by atoms with Gasteiger partial charge in [0.2, 0.25) is 0 Å². The maximum atomic E-state index is 12.1. The van der Waals surface area contributed by atoms with Gasteiger partial charge in [0.15, 0.2) is 0 Å². The van der Waals surface area contributed by atoms with Gasteiger partial charge in [0.25, 0.3) is 5.91 Å². The van der Waals surface area contributed by atoms with Crippen molar-refractivity contribution in [3.63, 3.8) is 0 Å². The second kappa shape index (κ2) is 6.61. The summed E-state index contributed by atoms with van der Waals surface area (Å²) >= 11 is 6.01. The number of hydrogen-bond acceptors (Lipinski definition) is 3. The minimum absolute atomic E-state index is 0.0150. The average Bonchev–Trinajstić information content (AvgIpc) is 2.36. The Kier molecular flexibility index (Phi) is 5.44. The van der Waals surface area contributed by atoms with Crippen LogP contribution in [0, 0.1) is 5.92 Å². The SMILES string of the molecule is COc1cccc(Cl)c1C(=O)NC(C)C(C)CO. The van der Waals surface area contributed by atoms with Crippen molar-refractivity contribution in [2.75, 3.05) is 13.7 Å². The van der Waals surface area contributed by atoms with Gasteiger partial charge in [-0.15, -0.1) is 0 Å². The number of hydrogen-bond donors (Lipinski definition) is 2. The molecule has 0 aliphatic rings. The minimum atomic E-state index is -0.301. The first kappa shape index (κ1) is 14.8. The topological polar surface area (TPSA) is 58.6 Å². The summed E-state index contributed by atoms with van der Waals surface area (Å²) in [7, 11) is 1.49. The molecule has 0 spiro atoms. The summed E-state index contributed by atoms with van der Waals surface area (Å²) in [5.74, 6) is 0.108. The molecule has 0 fully saturated rings. The fourth-order valence-corrected chi connectivity index (χ4v) is 1.73. The Morgan fingerprint density at radius 3 is 2.72 bits per heavy atom. The van der Waals surface area contributed by atoms with E-state index in [1.165, 1.54) is 7.11 Å². The summed E-state index contributed by atoms with van der Waals surface area (Å²) in [6.45, 7) is 3.71. The lowest BCUT2D eigenvalue weighted by Gasteiger charge is -2.20. The van der Waals surface area contributed by atoms with Crippen LogP contribution in [0.1, 0.15) is 24.2 Å². The second-order valence-corrected chi connectivity index (χ2v) is 4.65. The van der Waals surface area contributed by atoms with Gasteiger partial charge in [-0.1, -0.05) is 24.6 Å². The van der Waals surface area contributed by atoms with E-state index in [9.17, 15) is 4.79 Å². The highest BCUT2D eigenvalue weighted by atomic mass is 35.5. The number of halogens is 1. The van der Waals surface area contributed by atoms with E-state index in [4.69, 9.17) is 21.4 Å². The predicted octanol–water partition coefficient (Wildman–Crippen LogP) is 2.10. The molecule has 0 bridgehead atoms. The zero-order chi connectivity index (χ0) is 13.7. The number of aliphatic hydroxyl groups is 1. The average molecular weight is 272 g/mol. The summed E-state index contributed by atoms with van der Waals surface area (Å²) in [5, 5.41) is 12.2. The molecule has 0 saturated heterocycles. The summed E-state index contributed by atoms with van der Waals surface area (Å²) < 4.78 is 5.12. The normalized spacial score (nSPS) is 13.8. The molecule has 18 heavy (non-hydrogen) atoms. The van der Waals surface area contributed by atoms with Gasteiger partial charge in [-0.25, -0.2) is 0 Å². The molecule has 4 nitrogen and oxygen atoms in total. The Bertz CT molecular complexity index is 423.